The lowest BCUT2D eigenvalue weighted by Crippen LogP contribution is -2.39. The van der Waals surface area contributed by atoms with Crippen LogP contribution < -0.4 is 5.73 Å². The molecule has 1 fully saturated rings. The molecule has 0 unspecified atom stereocenters. The summed E-state index contributed by atoms with van der Waals surface area (Å²) in [5.74, 6) is 0.784. The van der Waals surface area contributed by atoms with Crippen molar-refractivity contribution >= 4 is 5.97 Å². The van der Waals surface area contributed by atoms with E-state index >= 15 is 0 Å². The number of aromatic nitrogens is 2. The number of aryl methyl sites for hydroxylation is 1. The van der Waals surface area contributed by atoms with Crippen LogP contribution in [0.4, 0.5) is 0 Å². The van der Waals surface area contributed by atoms with Crippen molar-refractivity contribution in [3.63, 3.8) is 0 Å². The largest absolute Gasteiger partial charge is 0.466 e. The normalized spacial score (nSPS) is 18.2. The van der Waals surface area contributed by atoms with Crippen LogP contribution in [0.5, 0.6) is 0 Å². The van der Waals surface area contributed by atoms with Gasteiger partial charge >= 0.3 is 5.97 Å². The van der Waals surface area contributed by atoms with Crippen molar-refractivity contribution in [2.24, 2.45) is 5.73 Å². The summed E-state index contributed by atoms with van der Waals surface area (Å²) >= 11 is 0. The van der Waals surface area contributed by atoms with Crippen LogP contribution in [-0.4, -0.2) is 22.7 Å². The standard InChI is InChI=1S/C13H21N3O3/c1-2-18-11(17)7-6-10-15-12(16-19-10)13(14)8-4-3-5-9-13/h2-9,14H2,1H3. The molecule has 0 aliphatic heterocycles. The fourth-order valence-electron chi connectivity index (χ4n) is 2.41. The summed E-state index contributed by atoms with van der Waals surface area (Å²) in [4.78, 5) is 15.6. The zero-order valence-corrected chi connectivity index (χ0v) is 11.4. The number of carbonyl (C=O) groups is 1. The number of ether oxygens (including phenoxy) is 1. The van der Waals surface area contributed by atoms with Crippen molar-refractivity contribution < 1.29 is 14.1 Å². The first-order valence-electron chi connectivity index (χ1n) is 6.91. The monoisotopic (exact) mass is 267 g/mol. The molecule has 0 bridgehead atoms. The Bertz CT molecular complexity index is 425. The smallest absolute Gasteiger partial charge is 0.306 e. The van der Waals surface area contributed by atoms with Crippen LogP contribution in [0, 0.1) is 0 Å². The third-order valence-electron chi connectivity index (χ3n) is 3.51. The highest BCUT2D eigenvalue weighted by atomic mass is 16.5. The van der Waals surface area contributed by atoms with Gasteiger partial charge in [0.05, 0.1) is 18.6 Å². The highest BCUT2D eigenvalue weighted by Crippen LogP contribution is 2.32. The summed E-state index contributed by atoms with van der Waals surface area (Å²) in [6.45, 7) is 2.17. The number of nitrogens with zero attached hydrogens (tertiary/aromatic N) is 2. The highest BCUT2D eigenvalue weighted by Gasteiger charge is 2.34. The molecule has 0 spiro atoms. The lowest BCUT2D eigenvalue weighted by Gasteiger charge is -2.29. The molecule has 0 aromatic carbocycles. The van der Waals surface area contributed by atoms with E-state index in [1.165, 1.54) is 6.42 Å². The minimum Gasteiger partial charge on any atom is -0.466 e. The second kappa shape index (κ2) is 6.14. The highest BCUT2D eigenvalue weighted by molar-refractivity contribution is 5.69. The van der Waals surface area contributed by atoms with Gasteiger partial charge in [-0.25, -0.2) is 0 Å². The number of nitrogens with two attached hydrogens (primary N) is 1. The Balaban J connectivity index is 1.93. The Kier molecular flexibility index (Phi) is 4.52. The first kappa shape index (κ1) is 14.0. The number of carbonyl (C=O) groups excluding carboxylic acids is 1. The van der Waals surface area contributed by atoms with Crippen LogP contribution in [-0.2, 0) is 21.5 Å². The average Bonchev–Trinajstić information content (AvgIpc) is 2.87. The van der Waals surface area contributed by atoms with Gasteiger partial charge in [-0.15, -0.1) is 0 Å². The van der Waals surface area contributed by atoms with Crippen LogP contribution in [0.15, 0.2) is 4.52 Å². The topological polar surface area (TPSA) is 91.2 Å². The quantitative estimate of drug-likeness (QED) is 0.816. The molecule has 1 heterocycles. The van der Waals surface area contributed by atoms with Gasteiger partial charge in [0.25, 0.3) is 0 Å². The molecule has 1 aromatic rings. The Labute approximate surface area is 112 Å². The van der Waals surface area contributed by atoms with Crippen molar-refractivity contribution in [2.45, 2.75) is 57.4 Å². The van der Waals surface area contributed by atoms with Gasteiger partial charge in [-0.3, -0.25) is 4.79 Å². The van der Waals surface area contributed by atoms with Gasteiger partial charge in [0.2, 0.25) is 5.89 Å². The van der Waals surface area contributed by atoms with Gasteiger partial charge in [-0.05, 0) is 19.8 Å². The molecular formula is C13H21N3O3. The van der Waals surface area contributed by atoms with Gasteiger partial charge in [0, 0.05) is 6.42 Å². The Morgan fingerprint density at radius 1 is 1.42 bits per heavy atom. The van der Waals surface area contributed by atoms with Gasteiger partial charge in [0.1, 0.15) is 0 Å². The molecule has 2 rings (SSSR count). The van der Waals surface area contributed by atoms with Crippen molar-refractivity contribution in [3.05, 3.63) is 11.7 Å². The molecule has 0 amide bonds. The minimum atomic E-state index is -0.454. The molecule has 1 aromatic heterocycles. The molecule has 0 radical (unpaired) electrons. The maximum Gasteiger partial charge on any atom is 0.306 e. The lowest BCUT2D eigenvalue weighted by molar-refractivity contribution is -0.143. The molecule has 1 aliphatic carbocycles. The molecule has 0 atom stereocenters. The van der Waals surface area contributed by atoms with E-state index in [4.69, 9.17) is 15.0 Å². The molecular weight excluding hydrogens is 246 g/mol. The van der Waals surface area contributed by atoms with E-state index in [0.29, 0.717) is 24.7 Å². The van der Waals surface area contributed by atoms with Crippen molar-refractivity contribution in [2.75, 3.05) is 6.61 Å². The molecule has 0 saturated heterocycles. The van der Waals surface area contributed by atoms with Crippen LogP contribution >= 0.6 is 0 Å². The minimum absolute atomic E-state index is 0.248. The molecule has 6 heteroatoms. The number of rotatable bonds is 5. The average molecular weight is 267 g/mol. The predicted octanol–water partition coefficient (Wildman–Crippen LogP) is 1.68. The molecule has 106 valence electrons. The predicted molar refractivity (Wildman–Crippen MR) is 68.2 cm³/mol. The molecule has 2 N–H and O–H groups in total. The van der Waals surface area contributed by atoms with E-state index < -0.39 is 5.54 Å². The molecule has 1 aliphatic rings. The van der Waals surface area contributed by atoms with Crippen LogP contribution in [0.2, 0.25) is 0 Å². The van der Waals surface area contributed by atoms with Gasteiger partial charge < -0.3 is 15.0 Å². The lowest BCUT2D eigenvalue weighted by atomic mass is 9.82. The zero-order valence-electron chi connectivity index (χ0n) is 11.4. The van der Waals surface area contributed by atoms with E-state index in [1.807, 2.05) is 0 Å². The van der Waals surface area contributed by atoms with Crippen molar-refractivity contribution in [3.8, 4) is 0 Å². The van der Waals surface area contributed by atoms with E-state index in [1.54, 1.807) is 6.92 Å². The molecule has 1 saturated carbocycles. The third kappa shape index (κ3) is 3.53. The van der Waals surface area contributed by atoms with Crippen LogP contribution in [0.3, 0.4) is 0 Å². The second-order valence-electron chi connectivity index (χ2n) is 5.03. The van der Waals surface area contributed by atoms with E-state index in [9.17, 15) is 4.79 Å². The summed E-state index contributed by atoms with van der Waals surface area (Å²) in [5.41, 5.74) is 5.87. The second-order valence-corrected chi connectivity index (χ2v) is 5.03. The molecule has 6 nitrogen and oxygen atoms in total. The number of hydrogen-bond donors (Lipinski definition) is 1. The van der Waals surface area contributed by atoms with Gasteiger partial charge in [-0.2, -0.15) is 4.98 Å². The summed E-state index contributed by atoms with van der Waals surface area (Å²) < 4.78 is 10.0. The third-order valence-corrected chi connectivity index (χ3v) is 3.51. The fraction of sp³-hybridized carbons (Fsp3) is 0.769. The SMILES string of the molecule is CCOC(=O)CCc1nc(C2(N)CCCCC2)no1. The fourth-order valence-corrected chi connectivity index (χ4v) is 2.41. The van der Waals surface area contributed by atoms with Gasteiger partial charge in [-0.1, -0.05) is 24.4 Å². The summed E-state index contributed by atoms with van der Waals surface area (Å²) in [7, 11) is 0. The first-order valence-corrected chi connectivity index (χ1v) is 6.91. The van der Waals surface area contributed by atoms with Crippen molar-refractivity contribution in [1.82, 2.24) is 10.1 Å². The maximum atomic E-state index is 11.3. The summed E-state index contributed by atoms with van der Waals surface area (Å²) in [5, 5.41) is 3.97. The number of esters is 1. The first-order chi connectivity index (χ1) is 9.14. The number of hydrogen-bond acceptors (Lipinski definition) is 6. The van der Waals surface area contributed by atoms with Crippen LogP contribution in [0.25, 0.3) is 0 Å². The Morgan fingerprint density at radius 3 is 2.84 bits per heavy atom. The Morgan fingerprint density at radius 2 is 2.16 bits per heavy atom. The molecule has 19 heavy (non-hydrogen) atoms. The zero-order chi connectivity index (χ0) is 13.7. The van der Waals surface area contributed by atoms with Gasteiger partial charge in [0.15, 0.2) is 5.82 Å². The van der Waals surface area contributed by atoms with E-state index in [0.717, 1.165) is 25.7 Å². The van der Waals surface area contributed by atoms with Crippen LogP contribution in [0.1, 0.15) is 57.2 Å². The summed E-state index contributed by atoms with van der Waals surface area (Å²) in [6.07, 6.45) is 5.86. The summed E-state index contributed by atoms with van der Waals surface area (Å²) in [6, 6.07) is 0. The Hall–Kier alpha value is -1.43. The van der Waals surface area contributed by atoms with Crippen molar-refractivity contribution in [1.29, 1.82) is 0 Å². The van der Waals surface area contributed by atoms with E-state index in [-0.39, 0.29) is 12.4 Å². The maximum absolute atomic E-state index is 11.3. The van der Waals surface area contributed by atoms with E-state index in [2.05, 4.69) is 10.1 Å².